The first-order valence-electron chi connectivity index (χ1n) is 10.2. The number of hydrogen-bond acceptors (Lipinski definition) is 6. The first kappa shape index (κ1) is 21.0. The fraction of sp³-hybridized carbons (Fsp3) is 0.167. The number of methoxy groups -OCH3 is 1. The zero-order chi connectivity index (χ0) is 22.5. The first-order chi connectivity index (χ1) is 15.5. The molecule has 1 amide bonds. The lowest BCUT2D eigenvalue weighted by atomic mass is 10.1. The minimum atomic E-state index is -0.110. The summed E-state index contributed by atoms with van der Waals surface area (Å²) in [5.41, 5.74) is 4.32. The highest BCUT2D eigenvalue weighted by molar-refractivity contribution is 5.92. The largest absolute Gasteiger partial charge is 0.496 e. The van der Waals surface area contributed by atoms with Gasteiger partial charge in [-0.25, -0.2) is 4.68 Å². The van der Waals surface area contributed by atoms with Crippen molar-refractivity contribution in [1.82, 2.24) is 20.0 Å². The van der Waals surface area contributed by atoms with E-state index in [0.29, 0.717) is 23.1 Å². The molecule has 0 spiro atoms. The molecular weight excluding hydrogens is 404 g/mol. The molecule has 0 aliphatic carbocycles. The Morgan fingerprint density at radius 2 is 1.72 bits per heavy atom. The lowest BCUT2D eigenvalue weighted by Crippen LogP contribution is -2.14. The minimum Gasteiger partial charge on any atom is -0.496 e. The van der Waals surface area contributed by atoms with Gasteiger partial charge in [0.2, 0.25) is 5.91 Å². The van der Waals surface area contributed by atoms with Gasteiger partial charge in [-0.3, -0.25) is 4.79 Å². The molecule has 0 saturated carbocycles. The summed E-state index contributed by atoms with van der Waals surface area (Å²) in [6, 6.07) is 20.6. The van der Waals surface area contributed by atoms with Crippen LogP contribution in [0.5, 0.6) is 5.75 Å². The third-order valence-corrected chi connectivity index (χ3v) is 4.86. The van der Waals surface area contributed by atoms with Crippen molar-refractivity contribution >= 4 is 23.1 Å². The number of aryl methyl sites for hydroxylation is 2. The zero-order valence-corrected chi connectivity index (χ0v) is 18.2. The lowest BCUT2D eigenvalue weighted by Gasteiger charge is -2.10. The molecule has 8 nitrogen and oxygen atoms in total. The quantitative estimate of drug-likeness (QED) is 0.458. The average Bonchev–Trinajstić information content (AvgIpc) is 3.14. The summed E-state index contributed by atoms with van der Waals surface area (Å²) in [4.78, 5) is 12.4. The van der Waals surface area contributed by atoms with Crippen LogP contribution < -0.4 is 15.4 Å². The summed E-state index contributed by atoms with van der Waals surface area (Å²) in [6.07, 6.45) is 0.237. The maximum atomic E-state index is 12.4. The van der Waals surface area contributed by atoms with Crippen molar-refractivity contribution in [3.63, 3.8) is 0 Å². The van der Waals surface area contributed by atoms with Crippen molar-refractivity contribution in [2.75, 3.05) is 17.7 Å². The smallest absolute Gasteiger partial charge is 0.228 e. The minimum absolute atomic E-state index is 0.110. The Kier molecular flexibility index (Phi) is 6.12. The number of carbonyl (C=O) groups is 1. The molecule has 0 atom stereocenters. The van der Waals surface area contributed by atoms with Crippen LogP contribution in [0.1, 0.15) is 17.0 Å². The van der Waals surface area contributed by atoms with Crippen LogP contribution in [-0.4, -0.2) is 33.0 Å². The van der Waals surface area contributed by atoms with Gasteiger partial charge in [-0.15, -0.1) is 10.2 Å². The average molecular weight is 428 g/mol. The molecule has 2 N–H and O–H groups in total. The number of hydrogen-bond donors (Lipinski definition) is 2. The van der Waals surface area contributed by atoms with Crippen molar-refractivity contribution in [1.29, 1.82) is 0 Å². The molecule has 0 saturated heterocycles. The summed E-state index contributed by atoms with van der Waals surface area (Å²) in [5.74, 6) is 1.87. The number of benzene rings is 2. The van der Waals surface area contributed by atoms with E-state index < -0.39 is 0 Å². The Morgan fingerprint density at radius 3 is 2.38 bits per heavy atom. The number of anilines is 3. The molecule has 2 aromatic heterocycles. The highest BCUT2D eigenvalue weighted by Gasteiger charge is 2.09. The third kappa shape index (κ3) is 4.92. The van der Waals surface area contributed by atoms with Crippen LogP contribution in [0.25, 0.3) is 5.82 Å². The maximum Gasteiger partial charge on any atom is 0.228 e. The molecule has 4 aromatic rings. The van der Waals surface area contributed by atoms with Gasteiger partial charge < -0.3 is 15.4 Å². The number of aromatic nitrogens is 4. The number of para-hydroxylation sites is 1. The number of nitrogens with zero attached hydrogens (tertiary/aromatic N) is 4. The molecule has 0 fully saturated rings. The van der Waals surface area contributed by atoms with Crippen molar-refractivity contribution < 1.29 is 9.53 Å². The maximum absolute atomic E-state index is 12.4. The molecule has 0 unspecified atom stereocenters. The van der Waals surface area contributed by atoms with Gasteiger partial charge in [0.15, 0.2) is 11.6 Å². The standard InChI is InChI=1S/C24H24N6O2/c1-16-14-17(2)30(29-16)23-13-12-22(27-28-23)25-19-8-10-20(11-9-19)26-24(31)15-18-6-4-5-7-21(18)32-3/h4-14H,15H2,1-3H3,(H,25,27)(H,26,31). The molecule has 0 aliphatic rings. The lowest BCUT2D eigenvalue weighted by molar-refractivity contribution is -0.115. The van der Waals surface area contributed by atoms with Crippen molar-refractivity contribution in [2.24, 2.45) is 0 Å². The Morgan fingerprint density at radius 1 is 0.969 bits per heavy atom. The van der Waals surface area contributed by atoms with Gasteiger partial charge >= 0.3 is 0 Å². The molecule has 162 valence electrons. The summed E-state index contributed by atoms with van der Waals surface area (Å²) in [6.45, 7) is 3.92. The van der Waals surface area contributed by atoms with Gasteiger partial charge in [0.25, 0.3) is 0 Å². The second kappa shape index (κ2) is 9.30. The Bertz CT molecular complexity index is 1220. The van der Waals surface area contributed by atoms with Crippen LogP contribution in [0.3, 0.4) is 0 Å². The molecule has 0 bridgehead atoms. The molecule has 0 radical (unpaired) electrons. The summed E-state index contributed by atoms with van der Waals surface area (Å²) >= 11 is 0. The third-order valence-electron chi connectivity index (χ3n) is 4.86. The predicted molar refractivity (Wildman–Crippen MR) is 124 cm³/mol. The Balaban J connectivity index is 1.36. The fourth-order valence-electron chi connectivity index (χ4n) is 3.38. The summed E-state index contributed by atoms with van der Waals surface area (Å²) in [7, 11) is 1.60. The van der Waals surface area contributed by atoms with Crippen LogP contribution in [-0.2, 0) is 11.2 Å². The SMILES string of the molecule is COc1ccccc1CC(=O)Nc1ccc(Nc2ccc(-n3nc(C)cc3C)nn2)cc1. The first-order valence-corrected chi connectivity index (χ1v) is 10.2. The molecule has 2 aromatic carbocycles. The van der Waals surface area contributed by atoms with Gasteiger partial charge in [-0.1, -0.05) is 18.2 Å². The van der Waals surface area contributed by atoms with Gasteiger partial charge in [0.05, 0.1) is 19.2 Å². The van der Waals surface area contributed by atoms with Gasteiger partial charge in [-0.2, -0.15) is 5.10 Å². The van der Waals surface area contributed by atoms with E-state index in [-0.39, 0.29) is 12.3 Å². The molecule has 4 rings (SSSR count). The van der Waals surface area contributed by atoms with E-state index in [4.69, 9.17) is 4.74 Å². The van der Waals surface area contributed by atoms with Crippen LogP contribution in [0.2, 0.25) is 0 Å². The van der Waals surface area contributed by atoms with Gasteiger partial charge in [-0.05, 0) is 62.4 Å². The van der Waals surface area contributed by atoms with E-state index in [9.17, 15) is 4.79 Å². The molecule has 32 heavy (non-hydrogen) atoms. The molecule has 8 heteroatoms. The van der Waals surface area contributed by atoms with E-state index in [1.165, 1.54) is 0 Å². The van der Waals surface area contributed by atoms with E-state index in [0.717, 1.165) is 22.6 Å². The predicted octanol–water partition coefficient (Wildman–Crippen LogP) is 4.21. The summed E-state index contributed by atoms with van der Waals surface area (Å²) < 4.78 is 7.06. The van der Waals surface area contributed by atoms with E-state index in [1.54, 1.807) is 11.8 Å². The monoisotopic (exact) mass is 428 g/mol. The number of rotatable bonds is 7. The molecular formula is C24H24N6O2. The van der Waals surface area contributed by atoms with E-state index in [2.05, 4.69) is 25.9 Å². The Labute approximate surface area is 186 Å². The molecule has 2 heterocycles. The fourth-order valence-corrected chi connectivity index (χ4v) is 3.38. The highest BCUT2D eigenvalue weighted by Crippen LogP contribution is 2.20. The number of amides is 1. The normalized spacial score (nSPS) is 10.6. The highest BCUT2D eigenvalue weighted by atomic mass is 16.5. The van der Waals surface area contributed by atoms with E-state index in [1.807, 2.05) is 80.6 Å². The number of ether oxygens (including phenoxy) is 1. The second-order valence-electron chi connectivity index (χ2n) is 7.35. The van der Waals surface area contributed by atoms with Gasteiger partial charge in [0, 0.05) is 22.6 Å². The molecule has 0 aliphatic heterocycles. The van der Waals surface area contributed by atoms with Crippen LogP contribution in [0.15, 0.2) is 66.7 Å². The number of carbonyl (C=O) groups excluding carboxylic acids is 1. The van der Waals surface area contributed by atoms with Crippen molar-refractivity contribution in [3.8, 4) is 11.6 Å². The topological polar surface area (TPSA) is 94.0 Å². The Hall–Kier alpha value is -4.20. The second-order valence-corrected chi connectivity index (χ2v) is 7.35. The zero-order valence-electron chi connectivity index (χ0n) is 18.2. The van der Waals surface area contributed by atoms with Crippen molar-refractivity contribution in [3.05, 3.63) is 83.7 Å². The van der Waals surface area contributed by atoms with E-state index >= 15 is 0 Å². The van der Waals surface area contributed by atoms with Crippen LogP contribution >= 0.6 is 0 Å². The summed E-state index contributed by atoms with van der Waals surface area (Å²) in [5, 5.41) is 19.0. The van der Waals surface area contributed by atoms with Crippen LogP contribution in [0, 0.1) is 13.8 Å². The van der Waals surface area contributed by atoms with Crippen LogP contribution in [0.4, 0.5) is 17.2 Å². The number of nitrogens with one attached hydrogen (secondary N) is 2. The van der Waals surface area contributed by atoms with Crippen molar-refractivity contribution in [2.45, 2.75) is 20.3 Å². The van der Waals surface area contributed by atoms with Gasteiger partial charge in [0.1, 0.15) is 5.75 Å².